The number of piperidine rings is 1. The Labute approximate surface area is 129 Å². The van der Waals surface area contributed by atoms with E-state index >= 15 is 0 Å². The minimum Gasteiger partial charge on any atom is -0.379 e. The molecular formula is C16H22BrFN2. The molecule has 0 amide bonds. The number of nitrogens with one attached hydrogen (secondary N) is 1. The summed E-state index contributed by atoms with van der Waals surface area (Å²) in [4.78, 5) is 2.45. The maximum Gasteiger partial charge on any atom is 0.147 e. The highest BCUT2D eigenvalue weighted by Gasteiger charge is 2.20. The van der Waals surface area contributed by atoms with Gasteiger partial charge in [0.15, 0.2) is 0 Å². The molecule has 1 aromatic carbocycles. The van der Waals surface area contributed by atoms with Crippen LogP contribution in [0.4, 0.5) is 10.1 Å². The van der Waals surface area contributed by atoms with Crippen molar-refractivity contribution in [1.82, 2.24) is 4.90 Å². The van der Waals surface area contributed by atoms with Crippen LogP contribution < -0.4 is 5.32 Å². The van der Waals surface area contributed by atoms with Gasteiger partial charge in [0.2, 0.25) is 0 Å². The number of allylic oxidation sites excluding steroid dienone is 1. The molecule has 2 nitrogen and oxygen atoms in total. The SMILES string of the molecule is CC(C)=CCN1CCC(Nc2c(F)cccc2Br)CC1. The Balaban J connectivity index is 1.87. The van der Waals surface area contributed by atoms with Crippen LogP contribution in [0.1, 0.15) is 26.7 Å². The van der Waals surface area contributed by atoms with Gasteiger partial charge in [-0.1, -0.05) is 17.7 Å². The summed E-state index contributed by atoms with van der Waals surface area (Å²) in [7, 11) is 0. The van der Waals surface area contributed by atoms with E-state index < -0.39 is 0 Å². The predicted molar refractivity (Wildman–Crippen MR) is 86.6 cm³/mol. The molecule has 0 bridgehead atoms. The second-order valence-corrected chi connectivity index (χ2v) is 6.45. The van der Waals surface area contributed by atoms with E-state index in [1.165, 1.54) is 11.6 Å². The van der Waals surface area contributed by atoms with E-state index in [0.717, 1.165) is 36.9 Å². The van der Waals surface area contributed by atoms with Crippen molar-refractivity contribution in [2.75, 3.05) is 25.0 Å². The lowest BCUT2D eigenvalue weighted by atomic mass is 10.0. The van der Waals surface area contributed by atoms with Gasteiger partial charge in [-0.05, 0) is 54.8 Å². The minimum absolute atomic E-state index is 0.189. The molecule has 110 valence electrons. The Morgan fingerprint density at radius 3 is 2.70 bits per heavy atom. The summed E-state index contributed by atoms with van der Waals surface area (Å²) >= 11 is 3.41. The van der Waals surface area contributed by atoms with Gasteiger partial charge in [-0.2, -0.15) is 0 Å². The number of hydrogen-bond donors (Lipinski definition) is 1. The van der Waals surface area contributed by atoms with Crippen LogP contribution >= 0.6 is 15.9 Å². The van der Waals surface area contributed by atoms with Crippen molar-refractivity contribution in [3.05, 3.63) is 40.1 Å². The Morgan fingerprint density at radius 1 is 1.40 bits per heavy atom. The van der Waals surface area contributed by atoms with Crippen molar-refractivity contribution in [2.45, 2.75) is 32.7 Å². The first-order valence-electron chi connectivity index (χ1n) is 7.12. The van der Waals surface area contributed by atoms with Gasteiger partial charge in [0, 0.05) is 30.1 Å². The molecule has 20 heavy (non-hydrogen) atoms. The van der Waals surface area contributed by atoms with Crippen LogP contribution in [0.25, 0.3) is 0 Å². The Kier molecular flexibility index (Phi) is 5.61. The lowest BCUT2D eigenvalue weighted by Gasteiger charge is -2.32. The number of halogens is 2. The summed E-state index contributed by atoms with van der Waals surface area (Å²) in [5.74, 6) is -0.189. The maximum atomic E-state index is 13.8. The van der Waals surface area contributed by atoms with E-state index in [-0.39, 0.29) is 5.82 Å². The topological polar surface area (TPSA) is 15.3 Å². The van der Waals surface area contributed by atoms with Gasteiger partial charge in [0.1, 0.15) is 5.82 Å². The second kappa shape index (κ2) is 7.23. The van der Waals surface area contributed by atoms with Gasteiger partial charge in [-0.25, -0.2) is 4.39 Å². The molecule has 1 aromatic rings. The fourth-order valence-corrected chi connectivity index (χ4v) is 2.87. The zero-order valence-corrected chi connectivity index (χ0v) is 13.7. The number of hydrogen-bond acceptors (Lipinski definition) is 2. The van der Waals surface area contributed by atoms with Crippen molar-refractivity contribution in [3.8, 4) is 0 Å². The second-order valence-electron chi connectivity index (χ2n) is 5.60. The van der Waals surface area contributed by atoms with E-state index in [0.29, 0.717) is 11.7 Å². The van der Waals surface area contributed by atoms with E-state index in [1.54, 1.807) is 6.07 Å². The van der Waals surface area contributed by atoms with Gasteiger partial charge in [-0.3, -0.25) is 4.90 Å². The predicted octanol–water partition coefficient (Wildman–Crippen LogP) is 4.43. The zero-order valence-electron chi connectivity index (χ0n) is 12.1. The maximum absolute atomic E-state index is 13.8. The average molecular weight is 341 g/mol. The number of rotatable bonds is 4. The highest BCUT2D eigenvalue weighted by molar-refractivity contribution is 9.10. The molecule has 0 atom stereocenters. The first-order chi connectivity index (χ1) is 9.56. The summed E-state index contributed by atoms with van der Waals surface area (Å²) in [5.41, 5.74) is 1.95. The van der Waals surface area contributed by atoms with Crippen LogP contribution in [-0.4, -0.2) is 30.6 Å². The third kappa shape index (κ3) is 4.32. The quantitative estimate of drug-likeness (QED) is 0.815. The fourth-order valence-electron chi connectivity index (χ4n) is 2.41. The van der Waals surface area contributed by atoms with Crippen LogP contribution in [0.5, 0.6) is 0 Å². The molecule has 0 radical (unpaired) electrons. The summed E-state index contributed by atoms with van der Waals surface area (Å²) in [6.07, 6.45) is 4.37. The first kappa shape index (κ1) is 15.5. The summed E-state index contributed by atoms with van der Waals surface area (Å²) in [5, 5.41) is 3.34. The number of nitrogens with zero attached hydrogens (tertiary/aromatic N) is 1. The molecule has 4 heteroatoms. The minimum atomic E-state index is -0.189. The van der Waals surface area contributed by atoms with Crippen molar-refractivity contribution >= 4 is 21.6 Å². The van der Waals surface area contributed by atoms with Crippen molar-refractivity contribution in [1.29, 1.82) is 0 Å². The Bertz CT molecular complexity index is 455. The van der Waals surface area contributed by atoms with E-state index in [9.17, 15) is 4.39 Å². The van der Waals surface area contributed by atoms with Crippen LogP contribution in [0.15, 0.2) is 34.3 Å². The molecule has 1 heterocycles. The standard InChI is InChI=1S/C16H22BrFN2/c1-12(2)6-9-20-10-7-13(8-11-20)19-16-14(17)4-3-5-15(16)18/h3-6,13,19H,7-11H2,1-2H3. The average Bonchev–Trinajstić information content (AvgIpc) is 2.42. The van der Waals surface area contributed by atoms with Crippen molar-refractivity contribution in [3.63, 3.8) is 0 Å². The van der Waals surface area contributed by atoms with E-state index in [1.807, 2.05) is 6.07 Å². The van der Waals surface area contributed by atoms with Crippen LogP contribution in [-0.2, 0) is 0 Å². The fraction of sp³-hybridized carbons (Fsp3) is 0.500. The highest BCUT2D eigenvalue weighted by Crippen LogP contribution is 2.27. The van der Waals surface area contributed by atoms with Gasteiger partial charge in [0.25, 0.3) is 0 Å². The Morgan fingerprint density at radius 2 is 2.10 bits per heavy atom. The molecule has 1 aliphatic rings. The van der Waals surface area contributed by atoms with Gasteiger partial charge < -0.3 is 5.32 Å². The molecule has 0 aromatic heterocycles. The number of anilines is 1. The largest absolute Gasteiger partial charge is 0.379 e. The van der Waals surface area contributed by atoms with Crippen LogP contribution in [0, 0.1) is 5.82 Å². The van der Waals surface area contributed by atoms with Gasteiger partial charge in [0.05, 0.1) is 5.69 Å². The van der Waals surface area contributed by atoms with E-state index in [4.69, 9.17) is 0 Å². The molecular weight excluding hydrogens is 319 g/mol. The summed E-state index contributed by atoms with van der Waals surface area (Å²) in [6.45, 7) is 7.41. The zero-order chi connectivity index (χ0) is 14.5. The van der Waals surface area contributed by atoms with Crippen LogP contribution in [0.2, 0.25) is 0 Å². The van der Waals surface area contributed by atoms with Crippen molar-refractivity contribution < 1.29 is 4.39 Å². The molecule has 0 unspecified atom stereocenters. The monoisotopic (exact) mass is 340 g/mol. The third-order valence-corrected chi connectivity index (χ3v) is 4.32. The van der Waals surface area contributed by atoms with Crippen molar-refractivity contribution in [2.24, 2.45) is 0 Å². The molecule has 2 rings (SSSR count). The first-order valence-corrected chi connectivity index (χ1v) is 7.92. The molecule has 1 aliphatic heterocycles. The molecule has 0 saturated carbocycles. The normalized spacial score (nSPS) is 17.0. The summed E-state index contributed by atoms with van der Waals surface area (Å²) in [6, 6.07) is 5.44. The Hall–Kier alpha value is -0.870. The van der Waals surface area contributed by atoms with Crippen LogP contribution in [0.3, 0.4) is 0 Å². The lowest BCUT2D eigenvalue weighted by molar-refractivity contribution is 0.239. The third-order valence-electron chi connectivity index (χ3n) is 3.66. The number of benzene rings is 1. The molecule has 0 aliphatic carbocycles. The lowest BCUT2D eigenvalue weighted by Crippen LogP contribution is -2.39. The smallest absolute Gasteiger partial charge is 0.147 e. The highest BCUT2D eigenvalue weighted by atomic mass is 79.9. The van der Waals surface area contributed by atoms with Gasteiger partial charge >= 0.3 is 0 Å². The molecule has 1 saturated heterocycles. The molecule has 0 spiro atoms. The van der Waals surface area contributed by atoms with Gasteiger partial charge in [-0.15, -0.1) is 0 Å². The number of likely N-dealkylation sites (tertiary alicyclic amines) is 1. The molecule has 1 fully saturated rings. The summed E-state index contributed by atoms with van der Waals surface area (Å²) < 4.78 is 14.6. The molecule has 1 N–H and O–H groups in total. The number of para-hydroxylation sites is 1. The van der Waals surface area contributed by atoms with E-state index in [2.05, 4.69) is 46.1 Å².